The van der Waals surface area contributed by atoms with Gasteiger partial charge in [0.05, 0.1) is 5.52 Å². The van der Waals surface area contributed by atoms with E-state index in [0.717, 1.165) is 55.2 Å². The summed E-state index contributed by atoms with van der Waals surface area (Å²) in [4.78, 5) is 25.5. The number of ether oxygens (including phenoxy) is 1. The van der Waals surface area contributed by atoms with Gasteiger partial charge in [0, 0.05) is 12.0 Å². The van der Waals surface area contributed by atoms with Crippen molar-refractivity contribution in [1.29, 1.82) is 0 Å². The van der Waals surface area contributed by atoms with E-state index in [0.29, 0.717) is 6.42 Å². The minimum absolute atomic E-state index is 0.00646. The number of nitrogens with zero attached hydrogens (tertiary/aromatic N) is 1. The number of carbonyl (C=O) groups excluding carboxylic acids is 1. The van der Waals surface area contributed by atoms with Crippen molar-refractivity contribution in [3.05, 3.63) is 46.2 Å². The molecule has 0 atom stereocenters. The molecule has 1 aliphatic rings. The fraction of sp³-hybridized carbons (Fsp3) is 0.600. The average molecular weight is 413 g/mol. The third-order valence-electron chi connectivity index (χ3n) is 6.15. The Morgan fingerprint density at radius 1 is 1.07 bits per heavy atom. The van der Waals surface area contributed by atoms with Gasteiger partial charge in [0.2, 0.25) is 0 Å². The standard InChI is InChI=1S/C25H36N2O3/c1-2-3-4-5-6-7-8-13-24(28)30-19-27-23-12-10-9-11-21(23)18-22(25(27)29)20-14-16-26-17-15-20/h9-12,18,20,26H,2-8,13-17,19H2,1H3. The second kappa shape index (κ2) is 11.9. The van der Waals surface area contributed by atoms with Gasteiger partial charge in [-0.25, -0.2) is 0 Å². The zero-order valence-electron chi connectivity index (χ0n) is 18.3. The van der Waals surface area contributed by atoms with Crippen molar-refractivity contribution >= 4 is 16.9 Å². The van der Waals surface area contributed by atoms with Crippen LogP contribution >= 0.6 is 0 Å². The van der Waals surface area contributed by atoms with Gasteiger partial charge in [0.15, 0.2) is 6.73 Å². The van der Waals surface area contributed by atoms with E-state index in [9.17, 15) is 9.59 Å². The highest BCUT2D eigenvalue weighted by Crippen LogP contribution is 2.25. The fourth-order valence-corrected chi connectivity index (χ4v) is 4.34. The summed E-state index contributed by atoms with van der Waals surface area (Å²) in [6.45, 7) is 4.08. The summed E-state index contributed by atoms with van der Waals surface area (Å²) < 4.78 is 7.15. The van der Waals surface area contributed by atoms with Crippen LogP contribution in [0, 0.1) is 0 Å². The molecular weight excluding hydrogens is 376 g/mol. The van der Waals surface area contributed by atoms with E-state index >= 15 is 0 Å². The molecule has 0 bridgehead atoms. The van der Waals surface area contributed by atoms with E-state index in [2.05, 4.69) is 12.2 Å². The summed E-state index contributed by atoms with van der Waals surface area (Å²) >= 11 is 0. The van der Waals surface area contributed by atoms with Crippen LogP contribution in [0.25, 0.3) is 10.9 Å². The van der Waals surface area contributed by atoms with Gasteiger partial charge in [-0.15, -0.1) is 0 Å². The molecule has 1 aromatic carbocycles. The highest BCUT2D eigenvalue weighted by molar-refractivity contribution is 5.79. The van der Waals surface area contributed by atoms with Crippen LogP contribution in [0.4, 0.5) is 0 Å². The molecule has 0 radical (unpaired) electrons. The quantitative estimate of drug-likeness (QED) is 0.411. The molecule has 0 saturated carbocycles. The van der Waals surface area contributed by atoms with E-state index in [1.165, 1.54) is 32.1 Å². The smallest absolute Gasteiger partial charge is 0.307 e. The molecule has 30 heavy (non-hydrogen) atoms. The summed E-state index contributed by atoms with van der Waals surface area (Å²) in [7, 11) is 0. The Balaban J connectivity index is 1.61. The third kappa shape index (κ3) is 6.18. The van der Waals surface area contributed by atoms with Gasteiger partial charge in [-0.1, -0.05) is 63.6 Å². The molecule has 0 amide bonds. The van der Waals surface area contributed by atoms with Gasteiger partial charge in [-0.05, 0) is 55.8 Å². The Hall–Kier alpha value is -2.14. The summed E-state index contributed by atoms with van der Waals surface area (Å²) in [5, 5.41) is 4.38. The first-order valence-electron chi connectivity index (χ1n) is 11.7. The number of benzene rings is 1. The topological polar surface area (TPSA) is 60.3 Å². The number of pyridine rings is 1. The Morgan fingerprint density at radius 3 is 2.53 bits per heavy atom. The second-order valence-electron chi connectivity index (χ2n) is 8.43. The molecule has 1 saturated heterocycles. The van der Waals surface area contributed by atoms with Gasteiger partial charge in [0.25, 0.3) is 5.56 Å². The number of aromatic nitrogens is 1. The van der Waals surface area contributed by atoms with Crippen LogP contribution in [-0.2, 0) is 16.3 Å². The zero-order chi connectivity index (χ0) is 21.2. The van der Waals surface area contributed by atoms with Crippen molar-refractivity contribution in [2.24, 2.45) is 0 Å². The molecule has 0 unspecified atom stereocenters. The first kappa shape index (κ1) is 22.5. The predicted octanol–water partition coefficient (Wildman–Crippen LogP) is 5.11. The molecule has 1 N–H and O–H groups in total. The number of rotatable bonds is 11. The lowest BCUT2D eigenvalue weighted by molar-refractivity contribution is -0.147. The van der Waals surface area contributed by atoms with Crippen molar-refractivity contribution in [2.45, 2.75) is 83.8 Å². The molecule has 3 rings (SSSR count). The molecular formula is C25H36N2O3. The first-order valence-corrected chi connectivity index (χ1v) is 11.7. The van der Waals surface area contributed by atoms with Gasteiger partial charge < -0.3 is 10.1 Å². The minimum atomic E-state index is -0.216. The van der Waals surface area contributed by atoms with Crippen LogP contribution in [0.2, 0.25) is 0 Å². The summed E-state index contributed by atoms with van der Waals surface area (Å²) in [5.41, 5.74) is 1.64. The molecule has 0 spiro atoms. The van der Waals surface area contributed by atoms with Gasteiger partial charge >= 0.3 is 5.97 Å². The first-order chi connectivity index (χ1) is 14.7. The van der Waals surface area contributed by atoms with Crippen LogP contribution in [0.3, 0.4) is 0 Å². The lowest BCUT2D eigenvalue weighted by atomic mass is 9.90. The van der Waals surface area contributed by atoms with E-state index in [1.54, 1.807) is 4.57 Å². The Labute approximate surface area is 179 Å². The fourth-order valence-electron chi connectivity index (χ4n) is 4.34. The minimum Gasteiger partial charge on any atom is -0.444 e. The van der Waals surface area contributed by atoms with Gasteiger partial charge in [-0.3, -0.25) is 14.2 Å². The lowest BCUT2D eigenvalue weighted by Crippen LogP contribution is -2.32. The second-order valence-corrected chi connectivity index (χ2v) is 8.43. The van der Waals surface area contributed by atoms with Crippen molar-refractivity contribution < 1.29 is 9.53 Å². The third-order valence-corrected chi connectivity index (χ3v) is 6.15. The van der Waals surface area contributed by atoms with E-state index in [1.807, 2.05) is 30.3 Å². The van der Waals surface area contributed by atoms with Crippen molar-refractivity contribution in [1.82, 2.24) is 9.88 Å². The molecule has 5 nitrogen and oxygen atoms in total. The van der Waals surface area contributed by atoms with Crippen molar-refractivity contribution in [3.8, 4) is 0 Å². The maximum absolute atomic E-state index is 13.2. The number of esters is 1. The maximum atomic E-state index is 13.2. The number of hydrogen-bond donors (Lipinski definition) is 1. The van der Waals surface area contributed by atoms with Crippen molar-refractivity contribution in [2.75, 3.05) is 13.1 Å². The Kier molecular flexibility index (Phi) is 8.94. The molecule has 2 heterocycles. The molecule has 2 aromatic rings. The van der Waals surface area contributed by atoms with E-state index in [-0.39, 0.29) is 24.2 Å². The molecule has 164 valence electrons. The monoisotopic (exact) mass is 412 g/mol. The summed E-state index contributed by atoms with van der Waals surface area (Å²) in [6.07, 6.45) is 10.5. The number of carbonyl (C=O) groups is 1. The Morgan fingerprint density at radius 2 is 1.77 bits per heavy atom. The van der Waals surface area contributed by atoms with Crippen LogP contribution in [-0.4, -0.2) is 23.6 Å². The van der Waals surface area contributed by atoms with Crippen LogP contribution in [0.15, 0.2) is 35.1 Å². The number of nitrogens with one attached hydrogen (secondary N) is 1. The van der Waals surface area contributed by atoms with Gasteiger partial charge in [-0.2, -0.15) is 0 Å². The van der Waals surface area contributed by atoms with Crippen LogP contribution in [0.5, 0.6) is 0 Å². The number of para-hydroxylation sites is 1. The lowest BCUT2D eigenvalue weighted by Gasteiger charge is -2.23. The van der Waals surface area contributed by atoms with Gasteiger partial charge in [0.1, 0.15) is 0 Å². The van der Waals surface area contributed by atoms with Crippen LogP contribution < -0.4 is 10.9 Å². The highest BCUT2D eigenvalue weighted by atomic mass is 16.5. The number of unbranched alkanes of at least 4 members (excludes halogenated alkanes) is 6. The Bertz CT molecular complexity index is 868. The maximum Gasteiger partial charge on any atom is 0.307 e. The molecule has 5 heteroatoms. The largest absolute Gasteiger partial charge is 0.444 e. The summed E-state index contributed by atoms with van der Waals surface area (Å²) in [6, 6.07) is 9.88. The normalized spacial score (nSPS) is 14.8. The molecule has 1 aliphatic heterocycles. The molecule has 1 fully saturated rings. The van der Waals surface area contributed by atoms with Crippen LogP contribution in [0.1, 0.15) is 82.6 Å². The van der Waals surface area contributed by atoms with E-state index < -0.39 is 0 Å². The highest BCUT2D eigenvalue weighted by Gasteiger charge is 2.21. The summed E-state index contributed by atoms with van der Waals surface area (Å²) in [5.74, 6) is 0.0461. The van der Waals surface area contributed by atoms with E-state index in [4.69, 9.17) is 4.74 Å². The van der Waals surface area contributed by atoms with Crippen molar-refractivity contribution in [3.63, 3.8) is 0 Å². The predicted molar refractivity (Wildman–Crippen MR) is 122 cm³/mol. The number of hydrogen-bond acceptors (Lipinski definition) is 4. The number of piperidine rings is 1. The SMILES string of the molecule is CCCCCCCCCC(=O)OCn1c(=O)c(C2CCNCC2)cc2ccccc21. The zero-order valence-corrected chi connectivity index (χ0v) is 18.3. The average Bonchev–Trinajstić information content (AvgIpc) is 2.78. The number of fused-ring (bicyclic) bond motifs is 1. The molecule has 0 aliphatic carbocycles. The molecule has 1 aromatic heterocycles.